The maximum Gasteiger partial charge on any atom is 0.220 e. The molecule has 0 aliphatic carbocycles. The Labute approximate surface area is 124 Å². The summed E-state index contributed by atoms with van der Waals surface area (Å²) < 4.78 is 10.7. The molecule has 1 aromatic rings. The van der Waals surface area contributed by atoms with E-state index in [0.717, 1.165) is 18.5 Å². The molecule has 0 unspecified atom stereocenters. The van der Waals surface area contributed by atoms with Gasteiger partial charge in [-0.2, -0.15) is 0 Å². The molecule has 1 aromatic carbocycles. The molecule has 0 spiro atoms. The number of ether oxygens (including phenoxy) is 2. The van der Waals surface area contributed by atoms with Gasteiger partial charge in [0.15, 0.2) is 11.5 Å². The van der Waals surface area contributed by atoms with Crippen molar-refractivity contribution in [3.05, 3.63) is 22.7 Å². The summed E-state index contributed by atoms with van der Waals surface area (Å²) in [5.74, 6) is 0.574. The third-order valence-corrected chi connectivity index (χ3v) is 2.92. The second-order valence-electron chi connectivity index (χ2n) is 4.35. The van der Waals surface area contributed by atoms with Gasteiger partial charge in [-0.1, -0.05) is 18.5 Å². The molecule has 5 nitrogen and oxygen atoms in total. The number of rotatable bonds is 9. The summed E-state index contributed by atoms with van der Waals surface area (Å²) in [6, 6.07) is 3.69. The zero-order valence-electron chi connectivity index (χ0n) is 11.9. The number of primary amides is 1. The summed E-state index contributed by atoms with van der Waals surface area (Å²) in [6.07, 6.45) is 1.21. The first kappa shape index (κ1) is 16.6. The number of halogens is 1. The summed E-state index contributed by atoms with van der Waals surface area (Å²) in [6.45, 7) is 3.94. The molecule has 20 heavy (non-hydrogen) atoms. The molecule has 1 rings (SSSR count). The molecule has 1 amide bonds. The van der Waals surface area contributed by atoms with Crippen molar-refractivity contribution in [1.29, 1.82) is 0 Å². The molecule has 0 bridgehead atoms. The van der Waals surface area contributed by atoms with Crippen LogP contribution in [0.2, 0.25) is 5.02 Å². The molecule has 0 aromatic heterocycles. The number of methoxy groups -OCH3 is 1. The molecule has 6 heteroatoms. The van der Waals surface area contributed by atoms with Gasteiger partial charge in [0.05, 0.1) is 25.2 Å². The zero-order chi connectivity index (χ0) is 15.0. The molecular weight excluding hydrogens is 280 g/mol. The van der Waals surface area contributed by atoms with Crippen LogP contribution in [0.4, 0.5) is 0 Å². The molecule has 112 valence electrons. The van der Waals surface area contributed by atoms with E-state index in [0.29, 0.717) is 23.1 Å². The minimum absolute atomic E-state index is 0.138. The van der Waals surface area contributed by atoms with E-state index in [4.69, 9.17) is 26.8 Å². The van der Waals surface area contributed by atoms with Gasteiger partial charge in [0.1, 0.15) is 0 Å². The van der Waals surface area contributed by atoms with Crippen LogP contribution in [0.3, 0.4) is 0 Å². The molecule has 0 radical (unpaired) electrons. The third kappa shape index (κ3) is 5.27. The van der Waals surface area contributed by atoms with Crippen LogP contribution in [0, 0.1) is 0 Å². The highest BCUT2D eigenvalue weighted by Crippen LogP contribution is 2.36. The Bertz CT molecular complexity index is 452. The third-order valence-electron chi connectivity index (χ3n) is 2.64. The van der Waals surface area contributed by atoms with Crippen LogP contribution >= 0.6 is 11.6 Å². The molecular formula is C14H21ClN2O3. The van der Waals surface area contributed by atoms with Gasteiger partial charge in [-0.3, -0.25) is 4.79 Å². The lowest BCUT2D eigenvalue weighted by Crippen LogP contribution is -2.15. The second kappa shape index (κ2) is 8.66. The Morgan fingerprint density at radius 3 is 2.80 bits per heavy atom. The normalized spacial score (nSPS) is 10.3. The topological polar surface area (TPSA) is 73.6 Å². The van der Waals surface area contributed by atoms with E-state index in [-0.39, 0.29) is 13.0 Å². The van der Waals surface area contributed by atoms with E-state index in [2.05, 4.69) is 12.2 Å². The van der Waals surface area contributed by atoms with E-state index < -0.39 is 5.91 Å². The van der Waals surface area contributed by atoms with Gasteiger partial charge in [0.25, 0.3) is 0 Å². The number of benzene rings is 1. The van der Waals surface area contributed by atoms with Crippen molar-refractivity contribution in [2.24, 2.45) is 5.73 Å². The quantitative estimate of drug-likeness (QED) is 0.685. The number of carbonyl (C=O) groups excluding carboxylic acids is 1. The Morgan fingerprint density at radius 1 is 1.45 bits per heavy atom. The van der Waals surface area contributed by atoms with Gasteiger partial charge in [-0.25, -0.2) is 0 Å². The number of carbonyl (C=O) groups is 1. The van der Waals surface area contributed by atoms with Crippen LogP contribution in [-0.4, -0.2) is 26.2 Å². The number of hydrogen-bond acceptors (Lipinski definition) is 4. The minimum Gasteiger partial charge on any atom is -0.493 e. The van der Waals surface area contributed by atoms with E-state index in [1.807, 2.05) is 12.1 Å². The summed E-state index contributed by atoms with van der Waals surface area (Å²) in [4.78, 5) is 10.7. The van der Waals surface area contributed by atoms with Gasteiger partial charge in [0, 0.05) is 6.54 Å². The summed E-state index contributed by atoms with van der Waals surface area (Å²) in [5.41, 5.74) is 6.08. The standard InChI is InChI=1S/C14H21ClN2O3/c1-3-5-17-9-10-7-11(15)14(12(8-10)19-2)20-6-4-13(16)18/h7-8,17H,3-6,9H2,1-2H3,(H2,16,18). The maximum atomic E-state index is 10.7. The Balaban J connectivity index is 2.76. The molecule has 0 saturated heterocycles. The predicted molar refractivity (Wildman–Crippen MR) is 79.3 cm³/mol. The largest absolute Gasteiger partial charge is 0.493 e. The average molecular weight is 301 g/mol. The van der Waals surface area contributed by atoms with Gasteiger partial charge in [0.2, 0.25) is 5.91 Å². The fraction of sp³-hybridized carbons (Fsp3) is 0.500. The van der Waals surface area contributed by atoms with Gasteiger partial charge in [-0.15, -0.1) is 0 Å². The molecule has 0 aliphatic rings. The van der Waals surface area contributed by atoms with Crippen molar-refractivity contribution in [1.82, 2.24) is 5.32 Å². The Morgan fingerprint density at radius 2 is 2.20 bits per heavy atom. The minimum atomic E-state index is -0.416. The monoisotopic (exact) mass is 300 g/mol. The number of nitrogens with one attached hydrogen (secondary N) is 1. The molecule has 0 aliphatic heterocycles. The van der Waals surface area contributed by atoms with Crippen molar-refractivity contribution in [2.45, 2.75) is 26.3 Å². The van der Waals surface area contributed by atoms with Crippen LogP contribution in [-0.2, 0) is 11.3 Å². The van der Waals surface area contributed by atoms with Gasteiger partial charge >= 0.3 is 0 Å². The van der Waals surface area contributed by atoms with Crippen LogP contribution in [0.5, 0.6) is 11.5 Å². The fourth-order valence-electron chi connectivity index (χ4n) is 1.68. The summed E-state index contributed by atoms with van der Waals surface area (Å²) >= 11 is 6.19. The van der Waals surface area contributed by atoms with Gasteiger partial charge < -0.3 is 20.5 Å². The van der Waals surface area contributed by atoms with E-state index in [1.54, 1.807) is 7.11 Å². The van der Waals surface area contributed by atoms with Gasteiger partial charge in [-0.05, 0) is 30.7 Å². The highest BCUT2D eigenvalue weighted by Gasteiger charge is 2.12. The lowest BCUT2D eigenvalue weighted by atomic mass is 10.2. The van der Waals surface area contributed by atoms with Crippen LogP contribution in [0.15, 0.2) is 12.1 Å². The molecule has 3 N–H and O–H groups in total. The van der Waals surface area contributed by atoms with E-state index in [1.165, 1.54) is 0 Å². The van der Waals surface area contributed by atoms with E-state index in [9.17, 15) is 4.79 Å². The zero-order valence-corrected chi connectivity index (χ0v) is 12.6. The summed E-state index contributed by atoms with van der Waals surface area (Å²) in [7, 11) is 1.55. The number of amides is 1. The average Bonchev–Trinajstić information content (AvgIpc) is 2.40. The van der Waals surface area contributed by atoms with Crippen molar-refractivity contribution in [3.8, 4) is 11.5 Å². The van der Waals surface area contributed by atoms with Crippen LogP contribution < -0.4 is 20.5 Å². The highest BCUT2D eigenvalue weighted by atomic mass is 35.5. The predicted octanol–water partition coefficient (Wildman–Crippen LogP) is 2.10. The second-order valence-corrected chi connectivity index (χ2v) is 4.76. The van der Waals surface area contributed by atoms with Crippen molar-refractivity contribution in [3.63, 3.8) is 0 Å². The van der Waals surface area contributed by atoms with Crippen molar-refractivity contribution >= 4 is 17.5 Å². The first-order valence-corrected chi connectivity index (χ1v) is 6.94. The lowest BCUT2D eigenvalue weighted by molar-refractivity contribution is -0.118. The molecule has 0 saturated carbocycles. The highest BCUT2D eigenvalue weighted by molar-refractivity contribution is 6.32. The molecule has 0 atom stereocenters. The van der Waals surface area contributed by atoms with E-state index >= 15 is 0 Å². The Hall–Kier alpha value is -1.46. The van der Waals surface area contributed by atoms with Crippen LogP contribution in [0.25, 0.3) is 0 Å². The maximum absolute atomic E-state index is 10.7. The summed E-state index contributed by atoms with van der Waals surface area (Å²) in [5, 5.41) is 3.75. The number of nitrogens with two attached hydrogens (primary N) is 1. The smallest absolute Gasteiger partial charge is 0.220 e. The fourth-order valence-corrected chi connectivity index (χ4v) is 1.97. The SMILES string of the molecule is CCCNCc1cc(Cl)c(OCCC(N)=O)c(OC)c1. The van der Waals surface area contributed by atoms with Crippen LogP contribution in [0.1, 0.15) is 25.3 Å². The molecule has 0 fully saturated rings. The first-order valence-electron chi connectivity index (χ1n) is 6.56. The van der Waals surface area contributed by atoms with Crippen molar-refractivity contribution in [2.75, 3.05) is 20.3 Å². The molecule has 0 heterocycles. The number of hydrogen-bond donors (Lipinski definition) is 2. The lowest BCUT2D eigenvalue weighted by Gasteiger charge is -2.14. The Kier molecular flexibility index (Phi) is 7.18. The van der Waals surface area contributed by atoms with Crippen molar-refractivity contribution < 1.29 is 14.3 Å². The first-order chi connectivity index (χ1) is 9.58.